The number of aromatic nitrogens is 1. The molecule has 2 aliphatic rings. The largest absolute Gasteiger partial charge is 0.373 e. The number of hydrogen-bond acceptors (Lipinski definition) is 3. The topological polar surface area (TPSA) is 37.7 Å². The van der Waals surface area contributed by atoms with Gasteiger partial charge >= 0.3 is 0 Å². The summed E-state index contributed by atoms with van der Waals surface area (Å²) in [7, 11) is 0. The van der Waals surface area contributed by atoms with Crippen LogP contribution in [-0.2, 0) is 16.1 Å². The Labute approximate surface area is 182 Å². The maximum absolute atomic E-state index is 13.0. The maximum atomic E-state index is 13.0. The molecule has 0 spiro atoms. The van der Waals surface area contributed by atoms with Crippen LogP contribution in [0.3, 0.4) is 0 Å². The summed E-state index contributed by atoms with van der Waals surface area (Å²) in [6.07, 6.45) is 2.83. The number of fused-ring (bicyclic) bond motifs is 1. The van der Waals surface area contributed by atoms with Gasteiger partial charge in [0.2, 0.25) is 5.91 Å². The van der Waals surface area contributed by atoms with Crippen molar-refractivity contribution in [1.82, 2.24) is 14.4 Å². The molecule has 5 nitrogen and oxygen atoms in total. The Kier molecular flexibility index (Phi) is 6.32. The summed E-state index contributed by atoms with van der Waals surface area (Å²) >= 11 is 3.69. The van der Waals surface area contributed by atoms with E-state index in [0.29, 0.717) is 24.7 Å². The van der Waals surface area contributed by atoms with Gasteiger partial charge in [0.1, 0.15) is 6.54 Å². The Morgan fingerprint density at radius 3 is 2.48 bits per heavy atom. The molecule has 1 aromatic heterocycles. The molecule has 2 fully saturated rings. The first-order valence-corrected chi connectivity index (χ1v) is 11.6. The van der Waals surface area contributed by atoms with Crippen molar-refractivity contribution in [2.75, 3.05) is 32.7 Å². The number of benzene rings is 1. The average molecular weight is 462 g/mol. The first kappa shape index (κ1) is 20.9. The Morgan fingerprint density at radius 1 is 1.14 bits per heavy atom. The van der Waals surface area contributed by atoms with Crippen LogP contribution in [0, 0.1) is 12.8 Å². The van der Waals surface area contributed by atoms with Crippen molar-refractivity contribution in [2.24, 2.45) is 5.92 Å². The lowest BCUT2D eigenvalue weighted by atomic mass is 9.95. The highest BCUT2D eigenvalue weighted by Crippen LogP contribution is 2.30. The molecule has 2 aliphatic heterocycles. The molecule has 2 saturated heterocycles. The molecule has 29 heavy (non-hydrogen) atoms. The third-order valence-electron chi connectivity index (χ3n) is 6.43. The van der Waals surface area contributed by atoms with Gasteiger partial charge in [-0.15, -0.1) is 0 Å². The molecule has 0 aliphatic carbocycles. The number of piperidine rings is 1. The van der Waals surface area contributed by atoms with Crippen LogP contribution in [0.1, 0.15) is 32.4 Å². The van der Waals surface area contributed by atoms with Crippen LogP contribution in [0.2, 0.25) is 0 Å². The number of ether oxygens (including phenoxy) is 1. The molecule has 2 atom stereocenters. The molecular weight excluding hydrogens is 430 g/mol. The quantitative estimate of drug-likeness (QED) is 0.688. The third-order valence-corrected chi connectivity index (χ3v) is 7.43. The lowest BCUT2D eigenvalue weighted by molar-refractivity contribution is -0.133. The fraction of sp³-hybridized carbons (Fsp3) is 0.609. The first-order valence-electron chi connectivity index (χ1n) is 10.8. The Balaban J connectivity index is 1.34. The van der Waals surface area contributed by atoms with Gasteiger partial charge in [0, 0.05) is 53.8 Å². The van der Waals surface area contributed by atoms with Gasteiger partial charge in [-0.25, -0.2) is 0 Å². The summed E-state index contributed by atoms with van der Waals surface area (Å²) in [6, 6.07) is 8.27. The third kappa shape index (κ3) is 4.54. The van der Waals surface area contributed by atoms with Crippen LogP contribution in [0.4, 0.5) is 0 Å². The predicted octanol–water partition coefficient (Wildman–Crippen LogP) is 4.06. The fourth-order valence-corrected chi connectivity index (χ4v) is 5.54. The van der Waals surface area contributed by atoms with Crippen LogP contribution >= 0.6 is 15.9 Å². The molecule has 158 valence electrons. The summed E-state index contributed by atoms with van der Waals surface area (Å²) in [5.74, 6) is 0.910. The highest BCUT2D eigenvalue weighted by molar-refractivity contribution is 9.10. The van der Waals surface area contributed by atoms with Crippen molar-refractivity contribution in [3.05, 3.63) is 34.4 Å². The van der Waals surface area contributed by atoms with E-state index in [1.807, 2.05) is 12.1 Å². The number of para-hydroxylation sites is 1. The summed E-state index contributed by atoms with van der Waals surface area (Å²) in [4.78, 5) is 17.6. The smallest absolute Gasteiger partial charge is 0.242 e. The zero-order valence-electron chi connectivity index (χ0n) is 17.7. The standard InChI is InChI=1S/C23H32BrN3O2/c1-16-12-25(13-17(2)29-16)14-19-8-10-26(11-9-19)22(28)15-27-18(3)23(24)20-6-4-5-7-21(20)27/h4-7,16-17,19H,8-15H2,1-3H3. The van der Waals surface area contributed by atoms with Gasteiger partial charge in [-0.1, -0.05) is 18.2 Å². The zero-order valence-corrected chi connectivity index (χ0v) is 19.3. The first-order chi connectivity index (χ1) is 13.9. The molecule has 0 radical (unpaired) electrons. The van der Waals surface area contributed by atoms with E-state index < -0.39 is 0 Å². The Bertz CT molecular complexity index is 862. The summed E-state index contributed by atoms with van der Waals surface area (Å²) < 4.78 is 9.09. The predicted molar refractivity (Wildman–Crippen MR) is 120 cm³/mol. The minimum Gasteiger partial charge on any atom is -0.373 e. The van der Waals surface area contributed by atoms with E-state index in [-0.39, 0.29) is 5.91 Å². The molecule has 4 rings (SSSR count). The number of nitrogens with zero attached hydrogens (tertiary/aromatic N) is 3. The zero-order chi connectivity index (χ0) is 20.5. The molecule has 0 saturated carbocycles. The minimum atomic E-state index is 0.230. The number of halogens is 1. The second-order valence-electron chi connectivity index (χ2n) is 8.80. The SMILES string of the molecule is Cc1c(Br)c2ccccc2n1CC(=O)N1CCC(CN2CC(C)OC(C)C2)CC1. The maximum Gasteiger partial charge on any atom is 0.242 e. The van der Waals surface area contributed by atoms with Crippen LogP contribution in [0.25, 0.3) is 10.9 Å². The van der Waals surface area contributed by atoms with Gasteiger partial charge in [0.25, 0.3) is 0 Å². The molecule has 3 heterocycles. The summed E-state index contributed by atoms with van der Waals surface area (Å²) in [5.41, 5.74) is 2.24. The van der Waals surface area contributed by atoms with Crippen LogP contribution in [0.15, 0.2) is 28.7 Å². The lowest BCUT2D eigenvalue weighted by Crippen LogP contribution is -2.49. The minimum absolute atomic E-state index is 0.230. The van der Waals surface area contributed by atoms with E-state index in [1.165, 1.54) is 5.39 Å². The summed E-state index contributed by atoms with van der Waals surface area (Å²) in [6.45, 7) is 11.8. The number of carbonyl (C=O) groups is 1. The van der Waals surface area contributed by atoms with Gasteiger partial charge in [-0.05, 0) is 61.5 Å². The number of amides is 1. The van der Waals surface area contributed by atoms with E-state index >= 15 is 0 Å². The van der Waals surface area contributed by atoms with Gasteiger partial charge in [0.15, 0.2) is 0 Å². The fourth-order valence-electron chi connectivity index (χ4n) is 4.99. The van der Waals surface area contributed by atoms with Crippen molar-refractivity contribution in [1.29, 1.82) is 0 Å². The Hall–Kier alpha value is -1.37. The van der Waals surface area contributed by atoms with E-state index in [9.17, 15) is 4.79 Å². The van der Waals surface area contributed by atoms with Gasteiger partial charge < -0.3 is 14.2 Å². The van der Waals surface area contributed by atoms with Gasteiger partial charge in [-0.2, -0.15) is 0 Å². The van der Waals surface area contributed by atoms with Crippen molar-refractivity contribution in [3.8, 4) is 0 Å². The second-order valence-corrected chi connectivity index (χ2v) is 9.60. The van der Waals surface area contributed by atoms with E-state index in [2.05, 4.69) is 63.2 Å². The number of likely N-dealkylation sites (tertiary alicyclic amines) is 1. The van der Waals surface area contributed by atoms with E-state index in [1.54, 1.807) is 0 Å². The normalized spacial score (nSPS) is 24.3. The van der Waals surface area contributed by atoms with Crippen molar-refractivity contribution in [2.45, 2.75) is 52.4 Å². The number of carbonyl (C=O) groups excluding carboxylic acids is 1. The molecule has 1 aromatic carbocycles. The molecule has 6 heteroatoms. The number of rotatable bonds is 4. The van der Waals surface area contributed by atoms with Crippen LogP contribution < -0.4 is 0 Å². The molecule has 1 amide bonds. The molecular formula is C23H32BrN3O2. The van der Waals surface area contributed by atoms with Crippen LogP contribution in [0.5, 0.6) is 0 Å². The average Bonchev–Trinajstić information content (AvgIpc) is 2.93. The Morgan fingerprint density at radius 2 is 1.79 bits per heavy atom. The molecule has 2 unspecified atom stereocenters. The lowest BCUT2D eigenvalue weighted by Gasteiger charge is -2.39. The number of hydrogen-bond donors (Lipinski definition) is 0. The molecule has 0 N–H and O–H groups in total. The van der Waals surface area contributed by atoms with Crippen molar-refractivity contribution in [3.63, 3.8) is 0 Å². The highest BCUT2D eigenvalue weighted by atomic mass is 79.9. The van der Waals surface area contributed by atoms with Crippen molar-refractivity contribution < 1.29 is 9.53 Å². The second kappa shape index (κ2) is 8.78. The highest BCUT2D eigenvalue weighted by Gasteiger charge is 2.28. The van der Waals surface area contributed by atoms with Crippen molar-refractivity contribution >= 4 is 32.7 Å². The monoisotopic (exact) mass is 461 g/mol. The molecule has 0 bridgehead atoms. The van der Waals surface area contributed by atoms with Gasteiger partial charge in [0.05, 0.1) is 12.2 Å². The molecule has 2 aromatic rings. The summed E-state index contributed by atoms with van der Waals surface area (Å²) in [5, 5.41) is 1.17. The van der Waals surface area contributed by atoms with Crippen LogP contribution in [-0.4, -0.2) is 65.2 Å². The number of morpholine rings is 1. The van der Waals surface area contributed by atoms with E-state index in [0.717, 1.165) is 61.2 Å². The van der Waals surface area contributed by atoms with E-state index in [4.69, 9.17) is 4.74 Å². The van der Waals surface area contributed by atoms with Gasteiger partial charge in [-0.3, -0.25) is 9.69 Å².